The molecule has 4 nitrogen and oxygen atoms in total. The summed E-state index contributed by atoms with van der Waals surface area (Å²) in [5, 5.41) is 3.22. The number of likely N-dealkylation sites (N-methyl/N-ethyl adjacent to an activating group) is 1. The van der Waals surface area contributed by atoms with E-state index in [4.69, 9.17) is 0 Å². The predicted octanol–water partition coefficient (Wildman–Crippen LogP) is 0.396. The van der Waals surface area contributed by atoms with Gasteiger partial charge < -0.3 is 10.2 Å². The zero-order valence-electron chi connectivity index (χ0n) is 10.8. The Morgan fingerprint density at radius 2 is 2.31 bits per heavy atom. The highest BCUT2D eigenvalue weighted by Crippen LogP contribution is 2.15. The molecule has 1 fully saturated rings. The van der Waals surface area contributed by atoms with E-state index in [-0.39, 0.29) is 5.91 Å². The molecule has 0 aromatic heterocycles. The number of amides is 1. The van der Waals surface area contributed by atoms with Crippen LogP contribution in [-0.4, -0.2) is 62.5 Å². The van der Waals surface area contributed by atoms with Crippen molar-refractivity contribution in [3.8, 4) is 0 Å². The third-order valence-electron chi connectivity index (χ3n) is 3.35. The highest BCUT2D eigenvalue weighted by molar-refractivity contribution is 5.77. The summed E-state index contributed by atoms with van der Waals surface area (Å²) in [6.45, 7) is 6.59. The van der Waals surface area contributed by atoms with Gasteiger partial charge in [0.05, 0.1) is 6.54 Å². The molecule has 0 aromatic carbocycles. The highest BCUT2D eigenvalue weighted by atomic mass is 16.2. The third kappa shape index (κ3) is 4.10. The second-order valence-electron chi connectivity index (χ2n) is 4.71. The molecule has 94 valence electrons. The molecule has 1 rings (SSSR count). The number of carbonyl (C=O) groups excluding carboxylic acids is 1. The second-order valence-corrected chi connectivity index (χ2v) is 4.71. The average molecular weight is 227 g/mol. The molecular formula is C12H25N3O. The van der Waals surface area contributed by atoms with Crippen LogP contribution in [0.15, 0.2) is 0 Å². The van der Waals surface area contributed by atoms with Gasteiger partial charge in [0, 0.05) is 20.1 Å². The first-order valence-electron chi connectivity index (χ1n) is 6.28. The fraction of sp³-hybridized carbons (Fsp3) is 0.917. The van der Waals surface area contributed by atoms with Crippen LogP contribution in [0.3, 0.4) is 0 Å². The number of nitrogens with zero attached hydrogens (tertiary/aromatic N) is 2. The first-order chi connectivity index (χ1) is 7.67. The molecule has 0 bridgehead atoms. The molecule has 16 heavy (non-hydrogen) atoms. The largest absolute Gasteiger partial charge is 0.345 e. The zero-order chi connectivity index (χ0) is 12.0. The molecule has 1 heterocycles. The summed E-state index contributed by atoms with van der Waals surface area (Å²) >= 11 is 0. The van der Waals surface area contributed by atoms with E-state index in [1.807, 2.05) is 21.0 Å². The Morgan fingerprint density at radius 1 is 1.56 bits per heavy atom. The molecule has 1 amide bonds. The van der Waals surface area contributed by atoms with Gasteiger partial charge in [-0.3, -0.25) is 9.69 Å². The average Bonchev–Trinajstić information content (AvgIpc) is 2.29. The Hall–Kier alpha value is -0.610. The van der Waals surface area contributed by atoms with Crippen LogP contribution in [-0.2, 0) is 4.79 Å². The lowest BCUT2D eigenvalue weighted by molar-refractivity contribution is -0.131. The fourth-order valence-corrected chi connectivity index (χ4v) is 2.24. The van der Waals surface area contributed by atoms with Gasteiger partial charge in [-0.05, 0) is 45.8 Å². The maximum Gasteiger partial charge on any atom is 0.236 e. The van der Waals surface area contributed by atoms with E-state index in [1.54, 1.807) is 4.90 Å². The molecule has 0 aromatic rings. The van der Waals surface area contributed by atoms with Crippen molar-refractivity contribution in [1.29, 1.82) is 0 Å². The molecule has 0 spiro atoms. The van der Waals surface area contributed by atoms with Gasteiger partial charge in [0.2, 0.25) is 5.91 Å². The number of likely N-dealkylation sites (tertiary alicyclic amines) is 1. The second kappa shape index (κ2) is 6.86. The first kappa shape index (κ1) is 13.5. The van der Waals surface area contributed by atoms with Crippen molar-refractivity contribution in [3.05, 3.63) is 0 Å². The van der Waals surface area contributed by atoms with Crippen molar-refractivity contribution in [2.75, 3.05) is 46.8 Å². The van der Waals surface area contributed by atoms with Crippen LogP contribution in [0.1, 0.15) is 19.8 Å². The van der Waals surface area contributed by atoms with E-state index in [1.165, 1.54) is 12.8 Å². The molecule has 1 saturated heterocycles. The summed E-state index contributed by atoms with van der Waals surface area (Å²) < 4.78 is 0. The molecule has 0 radical (unpaired) electrons. The molecule has 1 aliphatic rings. The van der Waals surface area contributed by atoms with Gasteiger partial charge in [-0.25, -0.2) is 0 Å². The molecule has 0 saturated carbocycles. The van der Waals surface area contributed by atoms with Crippen LogP contribution >= 0.6 is 0 Å². The zero-order valence-corrected chi connectivity index (χ0v) is 10.8. The highest BCUT2D eigenvalue weighted by Gasteiger charge is 2.21. The predicted molar refractivity (Wildman–Crippen MR) is 66.4 cm³/mol. The minimum Gasteiger partial charge on any atom is -0.345 e. The van der Waals surface area contributed by atoms with Gasteiger partial charge in [-0.15, -0.1) is 0 Å². The molecule has 1 aliphatic heterocycles. The maximum absolute atomic E-state index is 11.8. The molecule has 1 N–H and O–H groups in total. The van der Waals surface area contributed by atoms with Gasteiger partial charge >= 0.3 is 0 Å². The van der Waals surface area contributed by atoms with Gasteiger partial charge in [-0.2, -0.15) is 0 Å². The van der Waals surface area contributed by atoms with Crippen LogP contribution in [0, 0.1) is 5.92 Å². The van der Waals surface area contributed by atoms with Crippen molar-refractivity contribution in [2.45, 2.75) is 19.8 Å². The van der Waals surface area contributed by atoms with E-state index >= 15 is 0 Å². The molecule has 0 aliphatic carbocycles. The minimum atomic E-state index is 0.243. The smallest absolute Gasteiger partial charge is 0.236 e. The number of rotatable bonds is 5. The van der Waals surface area contributed by atoms with Crippen LogP contribution in [0.5, 0.6) is 0 Å². The van der Waals surface area contributed by atoms with Crippen molar-refractivity contribution >= 4 is 5.91 Å². The normalized spacial score (nSPS) is 22.1. The molecule has 4 heteroatoms. The summed E-state index contributed by atoms with van der Waals surface area (Å²) in [6.07, 6.45) is 2.50. The SMILES string of the molecule is CCN(C)C(=O)CN1CCCC(CNC)C1. The Bertz CT molecular complexity index is 218. The van der Waals surface area contributed by atoms with Crippen LogP contribution in [0.4, 0.5) is 0 Å². The number of carbonyl (C=O) groups is 1. The van der Waals surface area contributed by atoms with Crippen LogP contribution < -0.4 is 5.32 Å². The summed E-state index contributed by atoms with van der Waals surface area (Å²) in [4.78, 5) is 15.9. The van der Waals surface area contributed by atoms with Gasteiger partial charge in [0.15, 0.2) is 0 Å². The number of nitrogens with one attached hydrogen (secondary N) is 1. The monoisotopic (exact) mass is 227 g/mol. The summed E-state index contributed by atoms with van der Waals surface area (Å²) in [6, 6.07) is 0. The number of piperidine rings is 1. The Kier molecular flexibility index (Phi) is 5.77. The Balaban J connectivity index is 2.33. The van der Waals surface area contributed by atoms with Crippen molar-refractivity contribution in [3.63, 3.8) is 0 Å². The van der Waals surface area contributed by atoms with E-state index in [9.17, 15) is 4.79 Å². The lowest BCUT2D eigenvalue weighted by atomic mass is 9.98. The lowest BCUT2D eigenvalue weighted by Crippen LogP contribution is -2.44. The summed E-state index contributed by atoms with van der Waals surface area (Å²) in [5.41, 5.74) is 0. The first-order valence-corrected chi connectivity index (χ1v) is 6.28. The Labute approximate surface area is 99.0 Å². The topological polar surface area (TPSA) is 35.6 Å². The van der Waals surface area contributed by atoms with Crippen LogP contribution in [0.25, 0.3) is 0 Å². The van der Waals surface area contributed by atoms with E-state index in [2.05, 4.69) is 10.2 Å². The molecule has 1 atom stereocenters. The number of hydrogen-bond donors (Lipinski definition) is 1. The van der Waals surface area contributed by atoms with Gasteiger partial charge in [0.25, 0.3) is 0 Å². The van der Waals surface area contributed by atoms with Crippen LogP contribution in [0.2, 0.25) is 0 Å². The third-order valence-corrected chi connectivity index (χ3v) is 3.35. The van der Waals surface area contributed by atoms with Crippen molar-refractivity contribution < 1.29 is 4.79 Å². The lowest BCUT2D eigenvalue weighted by Gasteiger charge is -2.33. The van der Waals surface area contributed by atoms with Crippen molar-refractivity contribution in [1.82, 2.24) is 15.1 Å². The maximum atomic E-state index is 11.8. The molecular weight excluding hydrogens is 202 g/mol. The van der Waals surface area contributed by atoms with E-state index in [0.29, 0.717) is 12.5 Å². The summed E-state index contributed by atoms with van der Waals surface area (Å²) in [5.74, 6) is 0.950. The Morgan fingerprint density at radius 3 is 2.94 bits per heavy atom. The van der Waals surface area contributed by atoms with E-state index < -0.39 is 0 Å². The minimum absolute atomic E-state index is 0.243. The standard InChI is InChI=1S/C12H25N3O/c1-4-14(3)12(16)10-15-7-5-6-11(9-15)8-13-2/h11,13H,4-10H2,1-3H3. The summed E-state index contributed by atoms with van der Waals surface area (Å²) in [7, 11) is 3.87. The quantitative estimate of drug-likeness (QED) is 0.738. The van der Waals surface area contributed by atoms with E-state index in [0.717, 1.165) is 26.2 Å². The van der Waals surface area contributed by atoms with Crippen molar-refractivity contribution in [2.24, 2.45) is 5.92 Å². The molecule has 1 unspecified atom stereocenters. The van der Waals surface area contributed by atoms with Gasteiger partial charge in [-0.1, -0.05) is 0 Å². The number of hydrogen-bond acceptors (Lipinski definition) is 3. The fourth-order valence-electron chi connectivity index (χ4n) is 2.24. The van der Waals surface area contributed by atoms with Gasteiger partial charge in [0.1, 0.15) is 0 Å².